The zero-order chi connectivity index (χ0) is 15.1. The van der Waals surface area contributed by atoms with Gasteiger partial charge in [0.1, 0.15) is 0 Å². The summed E-state index contributed by atoms with van der Waals surface area (Å²) in [7, 11) is 0. The Labute approximate surface area is 129 Å². The first-order valence-electron chi connectivity index (χ1n) is 8.57. The van der Waals surface area contributed by atoms with E-state index in [0.717, 1.165) is 45.7 Å². The molecule has 0 radical (unpaired) electrons. The van der Waals surface area contributed by atoms with E-state index in [2.05, 4.69) is 36.8 Å². The summed E-state index contributed by atoms with van der Waals surface area (Å²) in [5.74, 6) is 0. The van der Waals surface area contributed by atoms with Gasteiger partial charge in [0.05, 0.1) is 12.3 Å². The van der Waals surface area contributed by atoms with Gasteiger partial charge in [-0.2, -0.15) is 5.10 Å². The van der Waals surface area contributed by atoms with Crippen LogP contribution in [0.4, 0.5) is 0 Å². The minimum atomic E-state index is 0.241. The van der Waals surface area contributed by atoms with Crippen LogP contribution >= 0.6 is 0 Å². The summed E-state index contributed by atoms with van der Waals surface area (Å²) in [5.41, 5.74) is 2.82. The number of aromatic nitrogens is 2. The smallest absolute Gasteiger partial charge is 0.0624 e. The van der Waals surface area contributed by atoms with Gasteiger partial charge in [0, 0.05) is 30.8 Å². The van der Waals surface area contributed by atoms with E-state index < -0.39 is 0 Å². The highest BCUT2D eigenvalue weighted by Crippen LogP contribution is 2.32. The van der Waals surface area contributed by atoms with Crippen molar-refractivity contribution in [2.45, 2.75) is 59.4 Å². The van der Waals surface area contributed by atoms with Crippen molar-refractivity contribution in [1.29, 1.82) is 0 Å². The Morgan fingerprint density at radius 3 is 2.86 bits per heavy atom. The first kappa shape index (κ1) is 16.5. The quantitative estimate of drug-likeness (QED) is 0.749. The van der Waals surface area contributed by atoms with Crippen molar-refractivity contribution in [2.75, 3.05) is 26.3 Å². The van der Waals surface area contributed by atoms with E-state index in [4.69, 9.17) is 9.84 Å². The molecule has 0 bridgehead atoms. The average molecular weight is 293 g/mol. The highest BCUT2D eigenvalue weighted by atomic mass is 16.5. The van der Waals surface area contributed by atoms with E-state index in [0.29, 0.717) is 0 Å². The zero-order valence-corrected chi connectivity index (χ0v) is 14.0. The Kier molecular flexibility index (Phi) is 6.24. The van der Waals surface area contributed by atoms with Crippen molar-refractivity contribution < 1.29 is 4.74 Å². The average Bonchev–Trinajstić information content (AvgIpc) is 2.90. The normalized spacial score (nSPS) is 22.6. The molecule has 2 rings (SSSR count). The topological polar surface area (TPSA) is 39.1 Å². The summed E-state index contributed by atoms with van der Waals surface area (Å²) in [6.45, 7) is 11.5. The van der Waals surface area contributed by atoms with Crippen molar-refractivity contribution >= 4 is 0 Å². The molecule has 1 aliphatic rings. The molecule has 21 heavy (non-hydrogen) atoms. The number of nitrogens with one attached hydrogen (secondary N) is 1. The van der Waals surface area contributed by atoms with Crippen LogP contribution in [0.1, 0.15) is 51.4 Å². The minimum Gasteiger partial charge on any atom is -0.381 e. The van der Waals surface area contributed by atoms with Crippen LogP contribution in [0, 0.1) is 5.41 Å². The second-order valence-corrected chi connectivity index (χ2v) is 6.31. The molecule has 1 aromatic heterocycles. The van der Waals surface area contributed by atoms with Gasteiger partial charge in [-0.1, -0.05) is 13.8 Å². The highest BCUT2D eigenvalue weighted by molar-refractivity contribution is 5.13. The lowest BCUT2D eigenvalue weighted by molar-refractivity contribution is -0.00805. The molecule has 0 aliphatic carbocycles. The second-order valence-electron chi connectivity index (χ2n) is 6.31. The van der Waals surface area contributed by atoms with Gasteiger partial charge in [-0.25, -0.2) is 0 Å². The van der Waals surface area contributed by atoms with Crippen molar-refractivity contribution in [3.05, 3.63) is 17.5 Å². The van der Waals surface area contributed by atoms with Crippen LogP contribution in [0.2, 0.25) is 0 Å². The van der Waals surface area contributed by atoms with E-state index in [1.54, 1.807) is 0 Å². The van der Waals surface area contributed by atoms with Crippen molar-refractivity contribution in [3.8, 4) is 0 Å². The Balaban J connectivity index is 2.11. The van der Waals surface area contributed by atoms with Crippen LogP contribution in [0.15, 0.2) is 6.07 Å². The third-order valence-corrected chi connectivity index (χ3v) is 4.46. The SMILES string of the molecule is CCCNCC1(Cc2cc(CC)nn2CC)CCCOC1. The fourth-order valence-electron chi connectivity index (χ4n) is 3.27. The predicted molar refractivity (Wildman–Crippen MR) is 86.6 cm³/mol. The summed E-state index contributed by atoms with van der Waals surface area (Å²) in [6, 6.07) is 2.29. The third kappa shape index (κ3) is 4.30. The molecule has 1 atom stereocenters. The fraction of sp³-hybridized carbons (Fsp3) is 0.824. The summed E-state index contributed by atoms with van der Waals surface area (Å²) in [4.78, 5) is 0. The van der Waals surface area contributed by atoms with Crippen LogP contribution in [0.25, 0.3) is 0 Å². The maximum atomic E-state index is 5.83. The first-order valence-corrected chi connectivity index (χ1v) is 8.57. The molecule has 0 aromatic carbocycles. The number of hydrogen-bond acceptors (Lipinski definition) is 3. The van der Waals surface area contributed by atoms with E-state index in [9.17, 15) is 0 Å². The predicted octanol–water partition coefficient (Wildman–Crippen LogP) is 2.80. The van der Waals surface area contributed by atoms with Gasteiger partial charge in [-0.15, -0.1) is 0 Å². The number of nitrogens with zero attached hydrogens (tertiary/aromatic N) is 2. The molecule has 1 aromatic rings. The lowest BCUT2D eigenvalue weighted by Crippen LogP contribution is -2.43. The standard InChI is InChI=1S/C17H31N3O/c1-4-9-18-13-17(8-7-10-21-14-17)12-16-11-15(5-2)19-20(16)6-3/h11,18H,4-10,12-14H2,1-3H3. The van der Waals surface area contributed by atoms with Crippen LogP contribution < -0.4 is 5.32 Å². The number of aryl methyl sites for hydroxylation is 2. The van der Waals surface area contributed by atoms with E-state index in [-0.39, 0.29) is 5.41 Å². The molecule has 0 saturated carbocycles. The number of rotatable bonds is 8. The third-order valence-electron chi connectivity index (χ3n) is 4.46. The summed E-state index contributed by atoms with van der Waals surface area (Å²) < 4.78 is 8.00. The van der Waals surface area contributed by atoms with Gasteiger partial charge >= 0.3 is 0 Å². The Hall–Kier alpha value is -0.870. The van der Waals surface area contributed by atoms with Crippen LogP contribution in [-0.2, 0) is 24.1 Å². The molecule has 1 aliphatic heterocycles. The molecule has 1 unspecified atom stereocenters. The molecule has 2 heterocycles. The molecule has 0 spiro atoms. The van der Waals surface area contributed by atoms with Crippen molar-refractivity contribution in [3.63, 3.8) is 0 Å². The van der Waals surface area contributed by atoms with E-state index >= 15 is 0 Å². The van der Waals surface area contributed by atoms with Crippen LogP contribution in [-0.4, -0.2) is 36.1 Å². The maximum Gasteiger partial charge on any atom is 0.0624 e. The largest absolute Gasteiger partial charge is 0.381 e. The number of ether oxygens (including phenoxy) is 1. The summed E-state index contributed by atoms with van der Waals surface area (Å²) in [5, 5.41) is 8.31. The van der Waals surface area contributed by atoms with Gasteiger partial charge < -0.3 is 10.1 Å². The molecular weight excluding hydrogens is 262 g/mol. The molecule has 4 heteroatoms. The van der Waals surface area contributed by atoms with Crippen molar-refractivity contribution in [2.24, 2.45) is 5.41 Å². The van der Waals surface area contributed by atoms with Crippen molar-refractivity contribution in [1.82, 2.24) is 15.1 Å². The Bertz CT molecular complexity index is 422. The lowest BCUT2D eigenvalue weighted by Gasteiger charge is -2.37. The molecular formula is C17H31N3O. The van der Waals surface area contributed by atoms with Gasteiger partial charge in [-0.3, -0.25) is 4.68 Å². The maximum absolute atomic E-state index is 5.83. The first-order chi connectivity index (χ1) is 10.2. The van der Waals surface area contributed by atoms with Crippen LogP contribution in [0.3, 0.4) is 0 Å². The molecule has 1 saturated heterocycles. The minimum absolute atomic E-state index is 0.241. The van der Waals surface area contributed by atoms with Gasteiger partial charge in [0.2, 0.25) is 0 Å². The molecule has 1 fully saturated rings. The molecule has 4 nitrogen and oxygen atoms in total. The molecule has 0 amide bonds. The van der Waals surface area contributed by atoms with Gasteiger partial charge in [0.25, 0.3) is 0 Å². The van der Waals surface area contributed by atoms with Gasteiger partial charge in [-0.05, 0) is 51.6 Å². The Morgan fingerprint density at radius 1 is 1.38 bits per heavy atom. The van der Waals surface area contributed by atoms with E-state index in [1.807, 2.05) is 0 Å². The van der Waals surface area contributed by atoms with Crippen LogP contribution in [0.5, 0.6) is 0 Å². The highest BCUT2D eigenvalue weighted by Gasteiger charge is 2.34. The van der Waals surface area contributed by atoms with E-state index in [1.165, 1.54) is 30.7 Å². The molecule has 1 N–H and O–H groups in total. The van der Waals surface area contributed by atoms with Gasteiger partial charge in [0.15, 0.2) is 0 Å². The fourth-order valence-corrected chi connectivity index (χ4v) is 3.27. The summed E-state index contributed by atoms with van der Waals surface area (Å²) in [6.07, 6.45) is 5.70. The Morgan fingerprint density at radius 2 is 2.24 bits per heavy atom. The second kappa shape index (κ2) is 7.95. The zero-order valence-electron chi connectivity index (χ0n) is 14.0. The molecule has 120 valence electrons. The monoisotopic (exact) mass is 293 g/mol. The lowest BCUT2D eigenvalue weighted by atomic mass is 9.78. The number of hydrogen-bond donors (Lipinski definition) is 1. The summed E-state index contributed by atoms with van der Waals surface area (Å²) >= 11 is 0.